The Bertz CT molecular complexity index is 823. The van der Waals surface area contributed by atoms with Crippen molar-refractivity contribution in [1.82, 2.24) is 10.6 Å². The van der Waals surface area contributed by atoms with Crippen LogP contribution >= 0.6 is 0 Å². The molecule has 0 unspecified atom stereocenters. The molecule has 6 heteroatoms. The van der Waals surface area contributed by atoms with Gasteiger partial charge in [-0.1, -0.05) is 30.3 Å². The third kappa shape index (κ3) is 6.40. The number of rotatable bonds is 9. The number of para-hydroxylation sites is 1. The van der Waals surface area contributed by atoms with Crippen molar-refractivity contribution in [3.8, 4) is 17.6 Å². The normalized spacial score (nSPS) is 10.7. The summed E-state index contributed by atoms with van der Waals surface area (Å²) >= 11 is 0. The van der Waals surface area contributed by atoms with Gasteiger partial charge < -0.3 is 20.5 Å². The van der Waals surface area contributed by atoms with Crippen molar-refractivity contribution in [3.63, 3.8) is 0 Å². The van der Waals surface area contributed by atoms with Crippen LogP contribution in [0.25, 0.3) is 0 Å². The SMILES string of the molecule is COc1ccccc1CCN/C=C(/C#N)C(=O)NCCc1ccc(O)cc1. The maximum atomic E-state index is 12.1. The summed E-state index contributed by atoms with van der Waals surface area (Å²) in [5.41, 5.74) is 2.07. The quantitative estimate of drug-likeness (QED) is 0.360. The largest absolute Gasteiger partial charge is 0.508 e. The molecule has 2 rings (SSSR count). The third-order valence-corrected chi connectivity index (χ3v) is 3.98. The maximum absolute atomic E-state index is 12.1. The minimum Gasteiger partial charge on any atom is -0.508 e. The average molecular weight is 365 g/mol. The second-order valence-corrected chi connectivity index (χ2v) is 5.86. The van der Waals surface area contributed by atoms with Gasteiger partial charge in [-0.2, -0.15) is 5.26 Å². The monoisotopic (exact) mass is 365 g/mol. The number of phenols is 1. The third-order valence-electron chi connectivity index (χ3n) is 3.98. The number of carbonyl (C=O) groups excluding carboxylic acids is 1. The van der Waals surface area contributed by atoms with Crippen molar-refractivity contribution in [2.45, 2.75) is 12.8 Å². The van der Waals surface area contributed by atoms with E-state index < -0.39 is 5.91 Å². The summed E-state index contributed by atoms with van der Waals surface area (Å²) in [6.45, 7) is 0.982. The second-order valence-electron chi connectivity index (χ2n) is 5.86. The van der Waals surface area contributed by atoms with Gasteiger partial charge in [0.25, 0.3) is 5.91 Å². The Morgan fingerprint density at radius 3 is 2.59 bits per heavy atom. The molecule has 27 heavy (non-hydrogen) atoms. The molecule has 0 spiro atoms. The smallest absolute Gasteiger partial charge is 0.263 e. The fourth-order valence-electron chi connectivity index (χ4n) is 2.52. The van der Waals surface area contributed by atoms with Crippen LogP contribution in [0.3, 0.4) is 0 Å². The van der Waals surface area contributed by atoms with Gasteiger partial charge in [-0.3, -0.25) is 4.79 Å². The highest BCUT2D eigenvalue weighted by atomic mass is 16.5. The number of ether oxygens (including phenoxy) is 1. The van der Waals surface area contributed by atoms with Gasteiger partial charge in [-0.25, -0.2) is 0 Å². The number of hydrogen-bond acceptors (Lipinski definition) is 5. The Morgan fingerprint density at radius 2 is 1.89 bits per heavy atom. The zero-order valence-electron chi connectivity index (χ0n) is 15.2. The molecule has 0 bridgehead atoms. The topological polar surface area (TPSA) is 94.4 Å². The lowest BCUT2D eigenvalue weighted by atomic mass is 10.1. The van der Waals surface area contributed by atoms with Crippen molar-refractivity contribution in [1.29, 1.82) is 5.26 Å². The number of benzene rings is 2. The fraction of sp³-hybridized carbons (Fsp3) is 0.238. The van der Waals surface area contributed by atoms with Crippen LogP contribution in [0.5, 0.6) is 11.5 Å². The molecule has 0 fully saturated rings. The Hall–Kier alpha value is -3.46. The highest BCUT2D eigenvalue weighted by Gasteiger charge is 2.08. The van der Waals surface area contributed by atoms with Crippen molar-refractivity contribution in [3.05, 3.63) is 71.4 Å². The number of nitriles is 1. The first-order chi connectivity index (χ1) is 13.1. The Kier molecular flexibility index (Phi) is 7.73. The first-order valence-electron chi connectivity index (χ1n) is 8.65. The van der Waals surface area contributed by atoms with Gasteiger partial charge in [0.2, 0.25) is 0 Å². The molecule has 0 atom stereocenters. The van der Waals surface area contributed by atoms with E-state index in [9.17, 15) is 15.2 Å². The molecular formula is C21H23N3O3. The van der Waals surface area contributed by atoms with Crippen LogP contribution in [0, 0.1) is 11.3 Å². The maximum Gasteiger partial charge on any atom is 0.263 e. The highest BCUT2D eigenvalue weighted by Crippen LogP contribution is 2.17. The Morgan fingerprint density at radius 1 is 1.15 bits per heavy atom. The van der Waals surface area contributed by atoms with E-state index >= 15 is 0 Å². The molecule has 2 aromatic carbocycles. The Labute approximate surface area is 159 Å². The number of methoxy groups -OCH3 is 1. The lowest BCUT2D eigenvalue weighted by molar-refractivity contribution is -0.117. The van der Waals surface area contributed by atoms with Gasteiger partial charge in [0.05, 0.1) is 7.11 Å². The second kappa shape index (κ2) is 10.5. The zero-order chi connectivity index (χ0) is 19.5. The summed E-state index contributed by atoms with van der Waals surface area (Å²) in [5, 5.41) is 24.2. The molecule has 0 saturated heterocycles. The van der Waals surface area contributed by atoms with E-state index in [0.717, 1.165) is 16.9 Å². The van der Waals surface area contributed by atoms with E-state index in [0.29, 0.717) is 25.9 Å². The van der Waals surface area contributed by atoms with Crippen LogP contribution in [0.1, 0.15) is 11.1 Å². The van der Waals surface area contributed by atoms with E-state index in [1.54, 1.807) is 31.4 Å². The Balaban J connectivity index is 1.78. The van der Waals surface area contributed by atoms with Crippen molar-refractivity contribution < 1.29 is 14.6 Å². The first kappa shape index (κ1) is 19.9. The molecule has 0 aliphatic carbocycles. The van der Waals surface area contributed by atoms with E-state index in [1.165, 1.54) is 6.20 Å². The van der Waals surface area contributed by atoms with Gasteiger partial charge in [-0.05, 0) is 42.2 Å². The molecule has 0 aliphatic rings. The number of nitrogens with zero attached hydrogens (tertiary/aromatic N) is 1. The minimum absolute atomic E-state index is 0.0285. The molecule has 0 saturated carbocycles. The summed E-state index contributed by atoms with van der Waals surface area (Å²) in [6, 6.07) is 16.4. The number of hydrogen-bond donors (Lipinski definition) is 3. The molecule has 140 valence electrons. The van der Waals surface area contributed by atoms with Crippen LogP contribution in [-0.2, 0) is 17.6 Å². The molecular weight excluding hydrogens is 342 g/mol. The van der Waals surface area contributed by atoms with Gasteiger partial charge in [0.1, 0.15) is 23.1 Å². The lowest BCUT2D eigenvalue weighted by Crippen LogP contribution is -2.28. The van der Waals surface area contributed by atoms with E-state index in [1.807, 2.05) is 30.3 Å². The van der Waals surface area contributed by atoms with Crippen LogP contribution < -0.4 is 15.4 Å². The van der Waals surface area contributed by atoms with Crippen molar-refractivity contribution in [2.75, 3.05) is 20.2 Å². The van der Waals surface area contributed by atoms with E-state index in [4.69, 9.17) is 4.74 Å². The number of nitrogens with one attached hydrogen (secondary N) is 2. The summed E-state index contributed by atoms with van der Waals surface area (Å²) in [6.07, 6.45) is 2.76. The van der Waals surface area contributed by atoms with Gasteiger partial charge in [0.15, 0.2) is 0 Å². The molecule has 3 N–H and O–H groups in total. The number of amides is 1. The summed E-state index contributed by atoms with van der Waals surface area (Å²) in [7, 11) is 1.63. The van der Waals surface area contributed by atoms with Crippen LogP contribution in [-0.4, -0.2) is 31.2 Å². The summed E-state index contributed by atoms with van der Waals surface area (Å²) in [5.74, 6) is 0.605. The van der Waals surface area contributed by atoms with Gasteiger partial charge in [0, 0.05) is 19.3 Å². The summed E-state index contributed by atoms with van der Waals surface area (Å²) in [4.78, 5) is 12.1. The van der Waals surface area contributed by atoms with Crippen LogP contribution in [0.4, 0.5) is 0 Å². The molecule has 6 nitrogen and oxygen atoms in total. The molecule has 0 radical (unpaired) electrons. The predicted octanol–water partition coefficient (Wildman–Crippen LogP) is 2.30. The van der Waals surface area contributed by atoms with E-state index in [-0.39, 0.29) is 11.3 Å². The fourth-order valence-corrected chi connectivity index (χ4v) is 2.52. The molecule has 0 aliphatic heterocycles. The highest BCUT2D eigenvalue weighted by molar-refractivity contribution is 5.97. The number of aromatic hydroxyl groups is 1. The van der Waals surface area contributed by atoms with Crippen LogP contribution in [0.15, 0.2) is 60.3 Å². The van der Waals surface area contributed by atoms with Gasteiger partial charge >= 0.3 is 0 Å². The minimum atomic E-state index is -0.416. The molecule has 0 heterocycles. The first-order valence-corrected chi connectivity index (χ1v) is 8.65. The van der Waals surface area contributed by atoms with Crippen LogP contribution in [0.2, 0.25) is 0 Å². The molecule has 2 aromatic rings. The predicted molar refractivity (Wildman–Crippen MR) is 103 cm³/mol. The van der Waals surface area contributed by atoms with E-state index in [2.05, 4.69) is 10.6 Å². The zero-order valence-corrected chi connectivity index (χ0v) is 15.2. The van der Waals surface area contributed by atoms with Crippen molar-refractivity contribution in [2.24, 2.45) is 0 Å². The van der Waals surface area contributed by atoms with Crippen molar-refractivity contribution >= 4 is 5.91 Å². The lowest BCUT2D eigenvalue weighted by Gasteiger charge is -2.08. The molecule has 0 aromatic heterocycles. The number of phenolic OH excluding ortho intramolecular Hbond substituents is 1. The van der Waals surface area contributed by atoms with Gasteiger partial charge in [-0.15, -0.1) is 0 Å². The number of carbonyl (C=O) groups is 1. The standard InChI is InChI=1S/C21H23N3O3/c1-27-20-5-3-2-4-17(20)11-12-23-15-18(14-22)21(26)24-13-10-16-6-8-19(25)9-7-16/h2-9,15,23,25H,10-13H2,1H3,(H,24,26)/b18-15-. The summed E-state index contributed by atoms with van der Waals surface area (Å²) < 4.78 is 5.30. The molecule has 1 amide bonds. The average Bonchev–Trinajstić information content (AvgIpc) is 2.69.